The molecule has 2 atom stereocenters. The lowest BCUT2D eigenvalue weighted by Crippen LogP contribution is -2.54. The third-order valence-corrected chi connectivity index (χ3v) is 5.21. The highest BCUT2D eigenvalue weighted by Gasteiger charge is 2.41. The van der Waals surface area contributed by atoms with E-state index in [1.165, 1.54) is 4.90 Å². The molecule has 2 amide bonds. The van der Waals surface area contributed by atoms with Crippen LogP contribution in [0, 0.1) is 5.92 Å². The number of amides is 2. The van der Waals surface area contributed by atoms with E-state index in [0.29, 0.717) is 19.5 Å². The fourth-order valence-electron chi connectivity index (χ4n) is 3.93. The molecular weight excluding hydrogens is 306 g/mol. The summed E-state index contributed by atoms with van der Waals surface area (Å²) in [6.45, 7) is 0.973. The van der Waals surface area contributed by atoms with E-state index < -0.39 is 18.6 Å². The SMILES string of the molecule is O=C([C@H]1CCCN1C(=O)C1CCCC1)N1CCO[C@@H](C(F)F)C1. The van der Waals surface area contributed by atoms with Gasteiger partial charge >= 0.3 is 0 Å². The van der Waals surface area contributed by atoms with Gasteiger partial charge in [0.2, 0.25) is 11.8 Å². The van der Waals surface area contributed by atoms with Gasteiger partial charge in [0.1, 0.15) is 12.1 Å². The largest absolute Gasteiger partial charge is 0.369 e. The first-order valence-corrected chi connectivity index (χ1v) is 8.57. The summed E-state index contributed by atoms with van der Waals surface area (Å²) in [5, 5.41) is 0. The zero-order valence-corrected chi connectivity index (χ0v) is 13.3. The van der Waals surface area contributed by atoms with Gasteiger partial charge in [-0.2, -0.15) is 0 Å². The fourth-order valence-corrected chi connectivity index (χ4v) is 3.93. The second-order valence-electron chi connectivity index (χ2n) is 6.70. The molecule has 7 heteroatoms. The maximum absolute atomic E-state index is 12.8. The molecule has 5 nitrogen and oxygen atoms in total. The average Bonchev–Trinajstić information content (AvgIpc) is 3.25. The molecule has 0 unspecified atom stereocenters. The summed E-state index contributed by atoms with van der Waals surface area (Å²) >= 11 is 0. The van der Waals surface area contributed by atoms with E-state index in [0.717, 1.165) is 32.1 Å². The number of carbonyl (C=O) groups excluding carboxylic acids is 2. The average molecular weight is 330 g/mol. The molecule has 130 valence electrons. The Hall–Kier alpha value is -1.24. The fraction of sp³-hybridized carbons (Fsp3) is 0.875. The number of halogens is 2. The first-order chi connectivity index (χ1) is 11.1. The number of hydrogen-bond acceptors (Lipinski definition) is 3. The summed E-state index contributed by atoms with van der Waals surface area (Å²) in [6, 6.07) is -0.473. The smallest absolute Gasteiger partial charge is 0.266 e. The lowest BCUT2D eigenvalue weighted by Gasteiger charge is -2.36. The van der Waals surface area contributed by atoms with Crippen LogP contribution in [0.15, 0.2) is 0 Å². The normalized spacial score (nSPS) is 29.5. The van der Waals surface area contributed by atoms with E-state index in [9.17, 15) is 18.4 Å². The zero-order valence-electron chi connectivity index (χ0n) is 13.3. The van der Waals surface area contributed by atoms with Gasteiger partial charge in [0.25, 0.3) is 6.43 Å². The highest BCUT2D eigenvalue weighted by atomic mass is 19.3. The van der Waals surface area contributed by atoms with Gasteiger partial charge in [0.05, 0.1) is 13.2 Å². The predicted molar refractivity (Wildman–Crippen MR) is 79.0 cm³/mol. The number of likely N-dealkylation sites (tertiary alicyclic amines) is 1. The molecule has 0 spiro atoms. The number of morpholine rings is 1. The third kappa shape index (κ3) is 3.49. The van der Waals surface area contributed by atoms with Crippen molar-refractivity contribution < 1.29 is 23.1 Å². The first kappa shape index (κ1) is 16.6. The van der Waals surface area contributed by atoms with Crippen LogP contribution in [0.3, 0.4) is 0 Å². The van der Waals surface area contributed by atoms with E-state index in [1.807, 2.05) is 0 Å². The molecule has 1 aliphatic carbocycles. The Morgan fingerprint density at radius 1 is 1.00 bits per heavy atom. The van der Waals surface area contributed by atoms with E-state index >= 15 is 0 Å². The van der Waals surface area contributed by atoms with Gasteiger partial charge in [0.15, 0.2) is 0 Å². The molecule has 2 aliphatic heterocycles. The summed E-state index contributed by atoms with van der Waals surface area (Å²) in [4.78, 5) is 28.5. The van der Waals surface area contributed by atoms with Gasteiger partial charge in [-0.3, -0.25) is 9.59 Å². The van der Waals surface area contributed by atoms with Crippen LogP contribution >= 0.6 is 0 Å². The maximum Gasteiger partial charge on any atom is 0.266 e. The summed E-state index contributed by atoms with van der Waals surface area (Å²) in [5.41, 5.74) is 0. The van der Waals surface area contributed by atoms with Crippen molar-refractivity contribution in [1.82, 2.24) is 9.80 Å². The molecule has 1 saturated carbocycles. The van der Waals surface area contributed by atoms with Crippen LogP contribution in [-0.2, 0) is 14.3 Å². The minimum absolute atomic E-state index is 0.0434. The van der Waals surface area contributed by atoms with Crippen LogP contribution in [-0.4, -0.2) is 66.4 Å². The standard InChI is InChI=1S/C16H24F2N2O3/c17-14(18)13-10-19(8-9-23-13)16(22)12-6-3-7-20(12)15(21)11-4-1-2-5-11/h11-14H,1-10H2/t12-,13-/m1/s1. The van der Waals surface area contributed by atoms with Gasteiger partial charge in [-0.1, -0.05) is 12.8 Å². The number of carbonyl (C=O) groups is 2. The topological polar surface area (TPSA) is 49.9 Å². The summed E-state index contributed by atoms with van der Waals surface area (Å²) in [5.74, 6) is -0.0679. The second-order valence-corrected chi connectivity index (χ2v) is 6.70. The van der Waals surface area contributed by atoms with Gasteiger partial charge in [0, 0.05) is 19.0 Å². The third-order valence-electron chi connectivity index (χ3n) is 5.21. The van der Waals surface area contributed by atoms with Crippen molar-refractivity contribution in [3.8, 4) is 0 Å². The van der Waals surface area contributed by atoms with Gasteiger partial charge < -0.3 is 14.5 Å². The molecule has 0 aromatic rings. The zero-order chi connectivity index (χ0) is 16.4. The van der Waals surface area contributed by atoms with Crippen molar-refractivity contribution in [2.24, 2.45) is 5.92 Å². The quantitative estimate of drug-likeness (QED) is 0.791. The summed E-state index contributed by atoms with van der Waals surface area (Å²) < 4.78 is 30.6. The lowest BCUT2D eigenvalue weighted by molar-refractivity contribution is -0.155. The number of alkyl halides is 2. The minimum Gasteiger partial charge on any atom is -0.369 e. The molecule has 0 aromatic heterocycles. The summed E-state index contributed by atoms with van der Waals surface area (Å²) in [6.07, 6.45) is 1.58. The maximum atomic E-state index is 12.8. The Kier molecular flexibility index (Phi) is 5.14. The first-order valence-electron chi connectivity index (χ1n) is 8.57. The molecular formula is C16H24F2N2O3. The van der Waals surface area contributed by atoms with Crippen molar-refractivity contribution in [1.29, 1.82) is 0 Å². The Morgan fingerprint density at radius 2 is 1.74 bits per heavy atom. The van der Waals surface area contributed by atoms with Crippen molar-refractivity contribution >= 4 is 11.8 Å². The van der Waals surface area contributed by atoms with E-state index in [1.54, 1.807) is 4.90 Å². The Morgan fingerprint density at radius 3 is 2.43 bits per heavy atom. The van der Waals surface area contributed by atoms with Crippen LogP contribution in [0.25, 0.3) is 0 Å². The monoisotopic (exact) mass is 330 g/mol. The minimum atomic E-state index is -2.59. The predicted octanol–water partition coefficient (Wildman–Crippen LogP) is 1.66. The Balaban J connectivity index is 1.64. The molecule has 0 N–H and O–H groups in total. The highest BCUT2D eigenvalue weighted by Crippen LogP contribution is 2.30. The van der Waals surface area contributed by atoms with Crippen molar-refractivity contribution in [3.05, 3.63) is 0 Å². The van der Waals surface area contributed by atoms with Crippen molar-refractivity contribution in [2.75, 3.05) is 26.2 Å². The molecule has 0 bridgehead atoms. The molecule has 23 heavy (non-hydrogen) atoms. The Labute approximate surface area is 134 Å². The van der Waals surface area contributed by atoms with E-state index in [-0.39, 0.29) is 30.9 Å². The van der Waals surface area contributed by atoms with Crippen LogP contribution in [0.1, 0.15) is 38.5 Å². The molecule has 3 aliphatic rings. The number of hydrogen-bond donors (Lipinski definition) is 0. The molecule has 2 saturated heterocycles. The molecule has 3 rings (SSSR count). The molecule has 3 fully saturated rings. The van der Waals surface area contributed by atoms with E-state index in [2.05, 4.69) is 0 Å². The van der Waals surface area contributed by atoms with Crippen LogP contribution in [0.4, 0.5) is 8.78 Å². The number of nitrogens with zero attached hydrogens (tertiary/aromatic N) is 2. The van der Waals surface area contributed by atoms with Crippen LogP contribution in [0.2, 0.25) is 0 Å². The van der Waals surface area contributed by atoms with Crippen molar-refractivity contribution in [2.45, 2.75) is 57.1 Å². The number of rotatable bonds is 3. The van der Waals surface area contributed by atoms with Gasteiger partial charge in [-0.15, -0.1) is 0 Å². The van der Waals surface area contributed by atoms with Gasteiger partial charge in [-0.25, -0.2) is 8.78 Å². The highest BCUT2D eigenvalue weighted by molar-refractivity contribution is 5.89. The lowest BCUT2D eigenvalue weighted by atomic mass is 10.1. The Bertz CT molecular complexity index is 455. The second kappa shape index (κ2) is 7.11. The summed E-state index contributed by atoms with van der Waals surface area (Å²) in [7, 11) is 0. The van der Waals surface area contributed by atoms with Crippen molar-refractivity contribution in [3.63, 3.8) is 0 Å². The van der Waals surface area contributed by atoms with Gasteiger partial charge in [-0.05, 0) is 25.7 Å². The van der Waals surface area contributed by atoms with Crippen LogP contribution < -0.4 is 0 Å². The number of ether oxygens (including phenoxy) is 1. The van der Waals surface area contributed by atoms with Crippen LogP contribution in [0.5, 0.6) is 0 Å². The molecule has 0 radical (unpaired) electrons. The molecule has 0 aromatic carbocycles. The molecule has 2 heterocycles. The van der Waals surface area contributed by atoms with E-state index in [4.69, 9.17) is 4.74 Å².